The second-order valence-electron chi connectivity index (χ2n) is 5.28. The molecule has 0 aliphatic carbocycles. The van der Waals surface area contributed by atoms with Crippen LogP contribution in [0, 0.1) is 6.92 Å². The first-order valence-corrected chi connectivity index (χ1v) is 8.38. The predicted octanol–water partition coefficient (Wildman–Crippen LogP) is 2.69. The molecule has 1 saturated heterocycles. The van der Waals surface area contributed by atoms with E-state index in [1.54, 1.807) is 11.8 Å². The van der Waals surface area contributed by atoms with Crippen LogP contribution in [0.1, 0.15) is 25.3 Å². The highest BCUT2D eigenvalue weighted by Crippen LogP contribution is 2.21. The van der Waals surface area contributed by atoms with E-state index in [4.69, 9.17) is 0 Å². The summed E-state index contributed by atoms with van der Waals surface area (Å²) in [4.78, 5) is 15.6. The average Bonchev–Trinajstić information content (AvgIpc) is 2.91. The van der Waals surface area contributed by atoms with Gasteiger partial charge in [-0.05, 0) is 44.5 Å². The molecular weight excluding hydrogens is 268 g/mol. The molecule has 0 spiro atoms. The fraction of sp³-hybridized carbons (Fsp3) is 0.562. The van der Waals surface area contributed by atoms with Gasteiger partial charge in [0, 0.05) is 17.5 Å². The summed E-state index contributed by atoms with van der Waals surface area (Å²) >= 11 is 1.62. The Morgan fingerprint density at radius 1 is 1.45 bits per heavy atom. The third-order valence-corrected chi connectivity index (χ3v) is 5.07. The molecule has 1 aliphatic rings. The summed E-state index contributed by atoms with van der Waals surface area (Å²) in [5, 5.41) is 3.08. The number of likely N-dealkylation sites (tertiary alicyclic amines) is 1. The monoisotopic (exact) mass is 292 g/mol. The Kier molecular flexibility index (Phi) is 5.92. The second-order valence-corrected chi connectivity index (χ2v) is 6.30. The van der Waals surface area contributed by atoms with Crippen LogP contribution in [0.25, 0.3) is 0 Å². The molecule has 2 rings (SSSR count). The zero-order valence-electron chi connectivity index (χ0n) is 12.4. The van der Waals surface area contributed by atoms with E-state index in [9.17, 15) is 4.79 Å². The fourth-order valence-corrected chi connectivity index (χ4v) is 3.55. The normalized spacial score (nSPS) is 19.2. The summed E-state index contributed by atoms with van der Waals surface area (Å²) in [5.41, 5.74) is 1.23. The number of aryl methyl sites for hydroxylation is 1. The van der Waals surface area contributed by atoms with Crippen molar-refractivity contribution in [2.24, 2.45) is 0 Å². The zero-order valence-corrected chi connectivity index (χ0v) is 13.2. The molecule has 1 N–H and O–H groups in total. The van der Waals surface area contributed by atoms with Gasteiger partial charge in [0.15, 0.2) is 0 Å². The molecule has 3 nitrogen and oxygen atoms in total. The Morgan fingerprint density at radius 2 is 2.25 bits per heavy atom. The van der Waals surface area contributed by atoms with E-state index in [2.05, 4.69) is 36.2 Å². The Morgan fingerprint density at radius 3 is 3.00 bits per heavy atom. The maximum atomic E-state index is 11.9. The first-order valence-electron chi connectivity index (χ1n) is 7.40. The molecule has 1 fully saturated rings. The van der Waals surface area contributed by atoms with Gasteiger partial charge in [-0.2, -0.15) is 0 Å². The highest BCUT2D eigenvalue weighted by atomic mass is 32.2. The first kappa shape index (κ1) is 15.4. The number of likely N-dealkylation sites (N-methyl/N-ethyl adjacent to an activating group) is 1. The van der Waals surface area contributed by atoms with Gasteiger partial charge in [-0.1, -0.05) is 25.1 Å². The van der Waals surface area contributed by atoms with E-state index in [-0.39, 0.29) is 5.91 Å². The van der Waals surface area contributed by atoms with Gasteiger partial charge in [-0.25, -0.2) is 0 Å². The minimum absolute atomic E-state index is 0.140. The van der Waals surface area contributed by atoms with Gasteiger partial charge in [-0.15, -0.1) is 11.8 Å². The van der Waals surface area contributed by atoms with Crippen LogP contribution in [0.4, 0.5) is 0 Å². The van der Waals surface area contributed by atoms with Crippen molar-refractivity contribution in [2.75, 3.05) is 25.4 Å². The van der Waals surface area contributed by atoms with E-state index in [0.717, 1.165) is 13.1 Å². The SMILES string of the molecule is CCN1CCCC1CNC(=O)CSc1ccccc1C. The third kappa shape index (κ3) is 4.25. The summed E-state index contributed by atoms with van der Waals surface area (Å²) in [6.45, 7) is 7.32. The van der Waals surface area contributed by atoms with Gasteiger partial charge < -0.3 is 5.32 Å². The second kappa shape index (κ2) is 7.70. The third-order valence-electron chi connectivity index (χ3n) is 3.89. The van der Waals surface area contributed by atoms with E-state index in [1.807, 2.05) is 12.1 Å². The minimum atomic E-state index is 0.140. The van der Waals surface area contributed by atoms with Crippen LogP contribution >= 0.6 is 11.8 Å². The maximum absolute atomic E-state index is 11.9. The number of hydrogen-bond acceptors (Lipinski definition) is 3. The first-order chi connectivity index (χ1) is 9.70. The maximum Gasteiger partial charge on any atom is 0.230 e. The van der Waals surface area contributed by atoms with E-state index in [1.165, 1.54) is 29.8 Å². The molecule has 0 saturated carbocycles. The molecule has 4 heteroatoms. The lowest BCUT2D eigenvalue weighted by molar-refractivity contribution is -0.118. The van der Waals surface area contributed by atoms with Crippen molar-refractivity contribution >= 4 is 17.7 Å². The van der Waals surface area contributed by atoms with E-state index in [0.29, 0.717) is 11.8 Å². The molecule has 20 heavy (non-hydrogen) atoms. The molecule has 0 radical (unpaired) electrons. The average molecular weight is 292 g/mol. The van der Waals surface area contributed by atoms with E-state index >= 15 is 0 Å². The van der Waals surface area contributed by atoms with Gasteiger partial charge in [0.05, 0.1) is 5.75 Å². The smallest absolute Gasteiger partial charge is 0.230 e. The van der Waals surface area contributed by atoms with Crippen molar-refractivity contribution in [1.29, 1.82) is 0 Å². The van der Waals surface area contributed by atoms with Crippen molar-refractivity contribution in [3.05, 3.63) is 29.8 Å². The van der Waals surface area contributed by atoms with Gasteiger partial charge in [0.25, 0.3) is 0 Å². The van der Waals surface area contributed by atoms with Crippen molar-refractivity contribution in [2.45, 2.75) is 37.6 Å². The number of thioether (sulfide) groups is 1. The van der Waals surface area contributed by atoms with Crippen molar-refractivity contribution in [3.63, 3.8) is 0 Å². The van der Waals surface area contributed by atoms with Gasteiger partial charge in [0.1, 0.15) is 0 Å². The molecule has 1 aromatic carbocycles. The molecule has 1 aromatic rings. The molecule has 1 amide bonds. The topological polar surface area (TPSA) is 32.3 Å². The zero-order chi connectivity index (χ0) is 14.4. The summed E-state index contributed by atoms with van der Waals surface area (Å²) in [5.74, 6) is 0.644. The summed E-state index contributed by atoms with van der Waals surface area (Å²) < 4.78 is 0. The quantitative estimate of drug-likeness (QED) is 0.818. The van der Waals surface area contributed by atoms with E-state index < -0.39 is 0 Å². The Balaban J connectivity index is 1.72. The summed E-state index contributed by atoms with van der Waals surface area (Å²) in [6, 6.07) is 8.73. The molecule has 0 bridgehead atoms. The standard InChI is InChI=1S/C16H24N2OS/c1-3-18-10-6-8-14(18)11-17-16(19)12-20-15-9-5-4-7-13(15)2/h4-5,7,9,14H,3,6,8,10-12H2,1-2H3,(H,17,19). The Labute approximate surface area is 126 Å². The molecule has 110 valence electrons. The van der Waals surface area contributed by atoms with Crippen LogP contribution in [-0.2, 0) is 4.79 Å². The lowest BCUT2D eigenvalue weighted by atomic mass is 10.2. The number of carbonyl (C=O) groups excluding carboxylic acids is 1. The van der Waals surface area contributed by atoms with Crippen LogP contribution < -0.4 is 5.32 Å². The molecule has 1 unspecified atom stereocenters. The summed E-state index contributed by atoms with van der Waals surface area (Å²) in [7, 11) is 0. The van der Waals surface area contributed by atoms with Crippen molar-refractivity contribution in [3.8, 4) is 0 Å². The lowest BCUT2D eigenvalue weighted by Gasteiger charge is -2.22. The number of nitrogens with one attached hydrogen (secondary N) is 1. The minimum Gasteiger partial charge on any atom is -0.354 e. The molecular formula is C16H24N2OS. The predicted molar refractivity (Wildman–Crippen MR) is 85.2 cm³/mol. The Bertz CT molecular complexity index is 450. The van der Waals surface area contributed by atoms with Crippen LogP contribution in [0.5, 0.6) is 0 Å². The number of carbonyl (C=O) groups is 1. The fourth-order valence-electron chi connectivity index (χ4n) is 2.69. The number of nitrogens with zero attached hydrogens (tertiary/aromatic N) is 1. The Hall–Kier alpha value is -1.00. The number of amides is 1. The molecule has 1 aliphatic heterocycles. The van der Waals surface area contributed by atoms with Gasteiger partial charge >= 0.3 is 0 Å². The summed E-state index contributed by atoms with van der Waals surface area (Å²) in [6.07, 6.45) is 2.46. The van der Waals surface area contributed by atoms with Crippen LogP contribution in [-0.4, -0.2) is 42.2 Å². The van der Waals surface area contributed by atoms with Gasteiger partial charge in [0.2, 0.25) is 5.91 Å². The van der Waals surface area contributed by atoms with Crippen molar-refractivity contribution < 1.29 is 4.79 Å². The number of benzene rings is 1. The van der Waals surface area contributed by atoms with Crippen molar-refractivity contribution in [1.82, 2.24) is 10.2 Å². The van der Waals surface area contributed by atoms with Crippen LogP contribution in [0.3, 0.4) is 0 Å². The highest BCUT2D eigenvalue weighted by Gasteiger charge is 2.22. The lowest BCUT2D eigenvalue weighted by Crippen LogP contribution is -2.40. The molecule has 1 heterocycles. The van der Waals surface area contributed by atoms with Crippen LogP contribution in [0.15, 0.2) is 29.2 Å². The van der Waals surface area contributed by atoms with Gasteiger partial charge in [-0.3, -0.25) is 9.69 Å². The molecule has 0 aromatic heterocycles. The number of rotatable bonds is 6. The number of hydrogen-bond donors (Lipinski definition) is 1. The largest absolute Gasteiger partial charge is 0.354 e. The molecule has 1 atom stereocenters. The van der Waals surface area contributed by atoms with Crippen LogP contribution in [0.2, 0.25) is 0 Å². The highest BCUT2D eigenvalue weighted by molar-refractivity contribution is 8.00.